The average Bonchev–Trinajstić information content (AvgIpc) is 4.15. The molecule has 78 heavy (non-hydrogen) atoms. The average molecular weight is 1010 g/mol. The first-order valence-electron chi connectivity index (χ1n) is 25.3. The SMILES string of the molecule is N#Cc1c(-n2c3ccccc3c3cc(-c4nc(-c5ccccc5)nc(-c5ccccc5)n4)ccc32)cc(-c2cc(F)cc(F)c2)cc1-n1c2ccccc2c2cc(-c3nc(-c4ccccc4)nc(-c4ccccc4)n3)ccc21. The summed E-state index contributed by atoms with van der Waals surface area (Å²) in [5.74, 6) is 1.71. The van der Waals surface area contributed by atoms with Crippen LogP contribution in [0.1, 0.15) is 5.56 Å². The zero-order chi connectivity index (χ0) is 52.3. The largest absolute Gasteiger partial charge is 0.308 e. The quantitative estimate of drug-likeness (QED) is 0.142. The third kappa shape index (κ3) is 8.00. The Labute approximate surface area is 445 Å². The lowest BCUT2D eigenvalue weighted by molar-refractivity contribution is 0.584. The maximum Gasteiger partial charge on any atom is 0.164 e. The highest BCUT2D eigenvalue weighted by atomic mass is 19.1. The lowest BCUT2D eigenvalue weighted by Crippen LogP contribution is -2.05. The van der Waals surface area contributed by atoms with Gasteiger partial charge in [0.05, 0.1) is 33.4 Å². The second-order valence-corrected chi connectivity index (χ2v) is 18.9. The third-order valence-electron chi connectivity index (χ3n) is 14.1. The van der Waals surface area contributed by atoms with Gasteiger partial charge in [-0.25, -0.2) is 38.7 Å². The molecule has 0 amide bonds. The van der Waals surface area contributed by atoms with Crippen LogP contribution in [-0.2, 0) is 0 Å². The molecule has 0 saturated heterocycles. The summed E-state index contributed by atoms with van der Waals surface area (Å²) in [5, 5.41) is 15.2. The van der Waals surface area contributed by atoms with Gasteiger partial charge in [0.2, 0.25) is 0 Å². The summed E-state index contributed by atoms with van der Waals surface area (Å²) < 4.78 is 34.8. The summed E-state index contributed by atoms with van der Waals surface area (Å²) in [5.41, 5.74) is 10.3. The van der Waals surface area contributed by atoms with E-state index in [0.29, 0.717) is 63.0 Å². The summed E-state index contributed by atoms with van der Waals surface area (Å²) in [6.45, 7) is 0. The minimum atomic E-state index is -0.723. The Morgan fingerprint density at radius 3 is 0.949 bits per heavy atom. The normalized spacial score (nSPS) is 11.4. The molecule has 0 aliphatic rings. The van der Waals surface area contributed by atoms with Gasteiger partial charge in [0.1, 0.15) is 23.3 Å². The molecular formula is C67H39F2N9. The highest BCUT2D eigenvalue weighted by molar-refractivity contribution is 6.12. The van der Waals surface area contributed by atoms with Crippen molar-refractivity contribution >= 4 is 43.6 Å². The van der Waals surface area contributed by atoms with Crippen molar-refractivity contribution in [3.8, 4) is 96.9 Å². The van der Waals surface area contributed by atoms with E-state index in [1.54, 1.807) is 0 Å². The second kappa shape index (κ2) is 18.8. The molecule has 0 spiro atoms. The number of fused-ring (bicyclic) bond motifs is 6. The van der Waals surface area contributed by atoms with E-state index in [1.807, 2.05) is 194 Å². The van der Waals surface area contributed by atoms with Crippen LogP contribution in [0.2, 0.25) is 0 Å². The molecule has 0 atom stereocenters. The maximum absolute atomic E-state index is 15.4. The van der Waals surface area contributed by atoms with Gasteiger partial charge in [0.25, 0.3) is 0 Å². The van der Waals surface area contributed by atoms with E-state index in [2.05, 4.69) is 39.5 Å². The fraction of sp³-hybridized carbons (Fsp3) is 0. The topological polar surface area (TPSA) is 111 Å². The van der Waals surface area contributed by atoms with Crippen LogP contribution in [0.5, 0.6) is 0 Å². The Morgan fingerprint density at radius 1 is 0.282 bits per heavy atom. The van der Waals surface area contributed by atoms with E-state index in [1.165, 1.54) is 12.1 Å². The number of halogens is 2. The molecule has 0 aliphatic carbocycles. The van der Waals surface area contributed by atoms with Gasteiger partial charge in [-0.15, -0.1) is 0 Å². The van der Waals surface area contributed by atoms with Crippen molar-refractivity contribution in [1.29, 1.82) is 5.26 Å². The predicted octanol–water partition coefficient (Wildman–Crippen LogP) is 16.1. The van der Waals surface area contributed by atoms with Crippen LogP contribution in [0, 0.1) is 23.0 Å². The van der Waals surface area contributed by atoms with Crippen LogP contribution in [0.25, 0.3) is 134 Å². The first-order chi connectivity index (χ1) is 38.4. The van der Waals surface area contributed by atoms with Crippen molar-refractivity contribution < 1.29 is 8.78 Å². The van der Waals surface area contributed by atoms with Crippen molar-refractivity contribution in [2.45, 2.75) is 0 Å². The number of benzene rings is 10. The summed E-state index contributed by atoms with van der Waals surface area (Å²) in [6, 6.07) is 77.4. The lowest BCUT2D eigenvalue weighted by Gasteiger charge is -2.18. The molecule has 0 bridgehead atoms. The predicted molar refractivity (Wildman–Crippen MR) is 305 cm³/mol. The minimum Gasteiger partial charge on any atom is -0.308 e. The molecule has 14 aromatic rings. The van der Waals surface area contributed by atoms with E-state index in [0.717, 1.165) is 83.1 Å². The van der Waals surface area contributed by atoms with E-state index in [-0.39, 0.29) is 0 Å². The molecule has 14 rings (SSSR count). The summed E-state index contributed by atoms with van der Waals surface area (Å²) in [6.07, 6.45) is 0. The molecule has 11 heteroatoms. The fourth-order valence-electron chi connectivity index (χ4n) is 10.6. The van der Waals surface area contributed by atoms with Crippen molar-refractivity contribution in [2.24, 2.45) is 0 Å². The summed E-state index contributed by atoms with van der Waals surface area (Å²) in [7, 11) is 0. The number of nitriles is 1. The Morgan fingerprint density at radius 2 is 0.590 bits per heavy atom. The molecule has 0 N–H and O–H groups in total. The molecule has 4 aromatic heterocycles. The number of aromatic nitrogens is 8. The molecule has 0 saturated carbocycles. The van der Waals surface area contributed by atoms with Crippen LogP contribution < -0.4 is 0 Å². The molecule has 9 nitrogen and oxygen atoms in total. The summed E-state index contributed by atoms with van der Waals surface area (Å²) >= 11 is 0. The van der Waals surface area contributed by atoms with Crippen molar-refractivity contribution in [3.63, 3.8) is 0 Å². The Hall–Kier alpha value is -10.8. The first-order valence-corrected chi connectivity index (χ1v) is 25.3. The Kier molecular flexibility index (Phi) is 11.0. The second-order valence-electron chi connectivity index (χ2n) is 18.9. The Balaban J connectivity index is 0.991. The van der Waals surface area contributed by atoms with Gasteiger partial charge in [-0.05, 0) is 83.9 Å². The highest BCUT2D eigenvalue weighted by Gasteiger charge is 2.25. The minimum absolute atomic E-state index is 0.308. The molecule has 10 aromatic carbocycles. The number of hydrogen-bond donors (Lipinski definition) is 0. The van der Waals surface area contributed by atoms with Crippen LogP contribution in [0.15, 0.2) is 237 Å². The lowest BCUT2D eigenvalue weighted by atomic mass is 9.99. The molecule has 0 fully saturated rings. The van der Waals surface area contributed by atoms with E-state index in [4.69, 9.17) is 29.9 Å². The van der Waals surface area contributed by atoms with Crippen LogP contribution in [0.4, 0.5) is 8.78 Å². The van der Waals surface area contributed by atoms with Crippen molar-refractivity contribution in [3.05, 3.63) is 254 Å². The van der Waals surface area contributed by atoms with Gasteiger partial charge in [-0.2, -0.15) is 5.26 Å². The maximum atomic E-state index is 15.4. The molecular weight excluding hydrogens is 969 g/mol. The van der Waals surface area contributed by atoms with Gasteiger partial charge < -0.3 is 9.13 Å². The van der Waals surface area contributed by atoms with Crippen molar-refractivity contribution in [2.75, 3.05) is 0 Å². The summed E-state index contributed by atoms with van der Waals surface area (Å²) in [4.78, 5) is 30.0. The Bertz CT molecular complexity index is 4300. The van der Waals surface area contributed by atoms with Gasteiger partial charge in [-0.1, -0.05) is 158 Å². The number of rotatable bonds is 9. The standard InChI is InChI=1S/C67H39F2N9/c68-49-33-47(34-50(69)39-49)48-37-60(77-56-27-15-13-25-51(56)53-35-45(29-31-58(53)77)66-73-62(41-17-5-1-6-18-41)71-63(74-66)42-19-7-2-8-20-42)55(40-70)61(38-48)78-57-28-16-14-26-52(57)54-36-46(30-32-59(54)78)67-75-64(43-21-9-3-10-22-43)72-65(76-67)44-23-11-4-12-24-44/h1-39H. The molecule has 366 valence electrons. The monoisotopic (exact) mass is 1010 g/mol. The van der Waals surface area contributed by atoms with Gasteiger partial charge in [0.15, 0.2) is 34.9 Å². The zero-order valence-corrected chi connectivity index (χ0v) is 41.3. The molecule has 0 unspecified atom stereocenters. The van der Waals surface area contributed by atoms with E-state index < -0.39 is 11.6 Å². The van der Waals surface area contributed by atoms with Crippen LogP contribution >= 0.6 is 0 Å². The van der Waals surface area contributed by atoms with Crippen LogP contribution in [0.3, 0.4) is 0 Å². The molecule has 0 aliphatic heterocycles. The number of hydrogen-bond acceptors (Lipinski definition) is 7. The first kappa shape index (κ1) is 45.8. The number of para-hydroxylation sites is 2. The van der Waals surface area contributed by atoms with Crippen LogP contribution in [-0.4, -0.2) is 39.0 Å². The van der Waals surface area contributed by atoms with Crippen molar-refractivity contribution in [1.82, 2.24) is 39.0 Å². The third-order valence-corrected chi connectivity index (χ3v) is 14.1. The smallest absolute Gasteiger partial charge is 0.164 e. The fourth-order valence-corrected chi connectivity index (χ4v) is 10.6. The zero-order valence-electron chi connectivity index (χ0n) is 41.3. The van der Waals surface area contributed by atoms with Gasteiger partial charge >= 0.3 is 0 Å². The van der Waals surface area contributed by atoms with Gasteiger partial charge in [0, 0.05) is 61.0 Å². The van der Waals surface area contributed by atoms with E-state index in [9.17, 15) is 5.26 Å². The molecule has 4 heterocycles. The van der Waals surface area contributed by atoms with E-state index >= 15 is 8.78 Å². The van der Waals surface area contributed by atoms with Gasteiger partial charge in [-0.3, -0.25) is 0 Å². The number of nitrogens with zero attached hydrogens (tertiary/aromatic N) is 9. The molecule has 0 radical (unpaired) electrons. The highest BCUT2D eigenvalue weighted by Crippen LogP contribution is 2.42.